The second-order valence-corrected chi connectivity index (χ2v) is 4.30. The van der Waals surface area contributed by atoms with Crippen molar-refractivity contribution in [2.24, 2.45) is 0 Å². The monoisotopic (exact) mass is 304 g/mol. The highest BCUT2D eigenvalue weighted by molar-refractivity contribution is 6.31. The number of aryl methyl sites for hydroxylation is 1. The van der Waals surface area contributed by atoms with Crippen molar-refractivity contribution < 1.29 is 18.0 Å². The third-order valence-corrected chi connectivity index (χ3v) is 2.66. The first-order chi connectivity index (χ1) is 9.27. The van der Waals surface area contributed by atoms with Gasteiger partial charge in [-0.05, 0) is 25.1 Å². The number of nitrogens with one attached hydrogen (secondary N) is 2. The zero-order chi connectivity index (χ0) is 14.9. The smallest absolute Gasteiger partial charge is 0.319 e. The van der Waals surface area contributed by atoms with Gasteiger partial charge >= 0.3 is 6.18 Å². The van der Waals surface area contributed by atoms with Gasteiger partial charge in [-0.15, -0.1) is 5.10 Å². The lowest BCUT2D eigenvalue weighted by Crippen LogP contribution is -2.15. The fourth-order valence-electron chi connectivity index (χ4n) is 1.45. The van der Waals surface area contributed by atoms with E-state index in [2.05, 4.69) is 20.5 Å². The number of carbonyl (C=O) groups is 1. The van der Waals surface area contributed by atoms with Crippen LogP contribution in [0, 0.1) is 6.92 Å². The highest BCUT2D eigenvalue weighted by atomic mass is 35.5. The van der Waals surface area contributed by atoms with Gasteiger partial charge in [0.05, 0.1) is 10.6 Å². The van der Waals surface area contributed by atoms with Gasteiger partial charge in [0.15, 0.2) is 0 Å². The lowest BCUT2D eigenvalue weighted by Gasteiger charge is -2.11. The molecular weight excluding hydrogens is 297 g/mol. The molecule has 1 aromatic heterocycles. The summed E-state index contributed by atoms with van der Waals surface area (Å²) in [4.78, 5) is 15.5. The molecule has 2 N–H and O–H groups in total. The molecule has 1 heterocycles. The van der Waals surface area contributed by atoms with Crippen LogP contribution >= 0.6 is 11.6 Å². The summed E-state index contributed by atoms with van der Waals surface area (Å²) in [5.41, 5.74) is -1.07. The van der Waals surface area contributed by atoms with Crippen molar-refractivity contribution in [3.63, 3.8) is 0 Å². The molecule has 0 bridgehead atoms. The Bertz CT molecular complexity index is 653. The third kappa shape index (κ3) is 3.08. The van der Waals surface area contributed by atoms with Gasteiger partial charge in [-0.3, -0.25) is 9.89 Å². The molecule has 0 fully saturated rings. The molecule has 0 aliphatic carbocycles. The van der Waals surface area contributed by atoms with Crippen LogP contribution in [0.25, 0.3) is 0 Å². The van der Waals surface area contributed by atoms with Gasteiger partial charge < -0.3 is 5.32 Å². The Kier molecular flexibility index (Phi) is 3.67. The summed E-state index contributed by atoms with van der Waals surface area (Å²) in [6.07, 6.45) is -4.60. The average Bonchev–Trinajstić information content (AvgIpc) is 2.77. The third-order valence-electron chi connectivity index (χ3n) is 2.33. The van der Waals surface area contributed by atoms with Crippen molar-refractivity contribution in [2.75, 3.05) is 5.32 Å². The molecule has 0 unspecified atom stereocenters. The number of alkyl halides is 3. The Labute approximate surface area is 116 Å². The average molecular weight is 305 g/mol. The van der Waals surface area contributed by atoms with E-state index in [0.717, 1.165) is 12.1 Å². The predicted molar refractivity (Wildman–Crippen MR) is 65.5 cm³/mol. The van der Waals surface area contributed by atoms with Gasteiger partial charge in [0.25, 0.3) is 5.91 Å². The van der Waals surface area contributed by atoms with Crippen LogP contribution in [0.4, 0.5) is 18.9 Å². The molecule has 0 spiro atoms. The number of aromatic nitrogens is 3. The maximum absolute atomic E-state index is 12.7. The van der Waals surface area contributed by atoms with Crippen molar-refractivity contribution in [1.82, 2.24) is 15.2 Å². The molecule has 5 nitrogen and oxygen atoms in total. The molecule has 0 saturated heterocycles. The minimum absolute atomic E-state index is 0.0471. The van der Waals surface area contributed by atoms with Crippen LogP contribution in [0.5, 0.6) is 0 Å². The zero-order valence-corrected chi connectivity index (χ0v) is 10.8. The Hall–Kier alpha value is -2.09. The number of H-pyrrole nitrogens is 1. The van der Waals surface area contributed by atoms with Gasteiger partial charge in [0, 0.05) is 5.69 Å². The van der Waals surface area contributed by atoms with Crippen LogP contribution in [0.3, 0.4) is 0 Å². The van der Waals surface area contributed by atoms with E-state index in [9.17, 15) is 18.0 Å². The normalized spacial score (nSPS) is 11.4. The van der Waals surface area contributed by atoms with E-state index in [1.807, 2.05) is 0 Å². The molecule has 1 amide bonds. The summed E-state index contributed by atoms with van der Waals surface area (Å²) < 4.78 is 38.0. The van der Waals surface area contributed by atoms with Gasteiger partial charge in [-0.2, -0.15) is 13.2 Å². The van der Waals surface area contributed by atoms with Crippen molar-refractivity contribution in [3.05, 3.63) is 40.4 Å². The van der Waals surface area contributed by atoms with Crippen molar-refractivity contribution in [3.8, 4) is 0 Å². The number of nitrogens with zero attached hydrogens (tertiary/aromatic N) is 2. The lowest BCUT2D eigenvalue weighted by molar-refractivity contribution is -0.137. The van der Waals surface area contributed by atoms with E-state index >= 15 is 0 Å². The van der Waals surface area contributed by atoms with Gasteiger partial charge in [-0.25, -0.2) is 4.98 Å². The molecule has 1 aromatic carbocycles. The molecule has 0 radical (unpaired) electrons. The molecule has 0 atom stereocenters. The topological polar surface area (TPSA) is 70.7 Å². The Morgan fingerprint density at radius 3 is 2.65 bits per heavy atom. The number of aromatic amines is 1. The van der Waals surface area contributed by atoms with Gasteiger partial charge in [-0.1, -0.05) is 11.6 Å². The summed E-state index contributed by atoms with van der Waals surface area (Å²) in [6.45, 7) is 1.59. The van der Waals surface area contributed by atoms with E-state index in [0.29, 0.717) is 5.82 Å². The van der Waals surface area contributed by atoms with Crippen molar-refractivity contribution >= 4 is 23.2 Å². The summed E-state index contributed by atoms with van der Waals surface area (Å²) >= 11 is 5.48. The number of anilines is 1. The van der Waals surface area contributed by atoms with Crippen molar-refractivity contribution in [2.45, 2.75) is 13.1 Å². The summed E-state index contributed by atoms with van der Waals surface area (Å²) in [5, 5.41) is 7.89. The predicted octanol–water partition coefficient (Wildman–Crippen LogP) is 3.04. The first-order valence-corrected chi connectivity index (χ1v) is 5.72. The number of carbonyl (C=O) groups excluding carboxylic acids is 1. The second-order valence-electron chi connectivity index (χ2n) is 3.89. The first-order valence-electron chi connectivity index (χ1n) is 5.34. The highest BCUT2D eigenvalue weighted by Crippen LogP contribution is 2.36. The highest BCUT2D eigenvalue weighted by Gasteiger charge is 2.33. The summed E-state index contributed by atoms with van der Waals surface area (Å²) in [7, 11) is 0. The molecule has 0 aliphatic heterocycles. The molecule has 2 rings (SSSR count). The van der Waals surface area contributed by atoms with Gasteiger partial charge in [0.2, 0.25) is 5.82 Å². The zero-order valence-electron chi connectivity index (χ0n) is 10.0. The second kappa shape index (κ2) is 5.12. The Morgan fingerprint density at radius 2 is 2.10 bits per heavy atom. The van der Waals surface area contributed by atoms with E-state index < -0.39 is 22.7 Å². The van der Waals surface area contributed by atoms with E-state index in [-0.39, 0.29) is 11.5 Å². The first kappa shape index (κ1) is 14.3. The number of rotatable bonds is 2. The van der Waals surface area contributed by atoms with Crippen LogP contribution in [0.15, 0.2) is 18.2 Å². The molecule has 0 saturated carbocycles. The van der Waals surface area contributed by atoms with Crippen molar-refractivity contribution in [1.29, 1.82) is 0 Å². The van der Waals surface area contributed by atoms with Crippen LogP contribution in [0.1, 0.15) is 22.0 Å². The lowest BCUT2D eigenvalue weighted by atomic mass is 10.2. The maximum Gasteiger partial charge on any atom is 0.417 e. The maximum atomic E-state index is 12.7. The van der Waals surface area contributed by atoms with Crippen LogP contribution in [-0.2, 0) is 6.18 Å². The molecule has 20 heavy (non-hydrogen) atoms. The number of hydrogen-bond donors (Lipinski definition) is 2. The minimum atomic E-state index is -4.60. The number of hydrogen-bond acceptors (Lipinski definition) is 3. The van der Waals surface area contributed by atoms with Crippen LogP contribution in [0.2, 0.25) is 5.02 Å². The Balaban J connectivity index is 2.24. The standard InChI is InChI=1S/C11H8ClF3N4O/c1-5-16-9(19-18-5)10(20)17-6-2-3-8(12)7(4-6)11(13,14)15/h2-4H,1H3,(H,17,20)(H,16,18,19). The number of amides is 1. The fourth-order valence-corrected chi connectivity index (χ4v) is 1.68. The van der Waals surface area contributed by atoms with Gasteiger partial charge in [0.1, 0.15) is 5.82 Å². The minimum Gasteiger partial charge on any atom is -0.319 e. The van der Waals surface area contributed by atoms with E-state index in [4.69, 9.17) is 11.6 Å². The molecule has 106 valence electrons. The molecular formula is C11H8ClF3N4O. The Morgan fingerprint density at radius 1 is 1.40 bits per heavy atom. The molecule has 2 aromatic rings. The van der Waals surface area contributed by atoms with Crippen LogP contribution in [-0.4, -0.2) is 21.1 Å². The van der Waals surface area contributed by atoms with E-state index in [1.165, 1.54) is 6.07 Å². The number of benzene rings is 1. The SMILES string of the molecule is Cc1nc(C(=O)Nc2ccc(Cl)c(C(F)(F)F)c2)n[nH]1. The van der Waals surface area contributed by atoms with E-state index in [1.54, 1.807) is 6.92 Å². The largest absolute Gasteiger partial charge is 0.417 e. The molecule has 0 aliphatic rings. The van der Waals surface area contributed by atoms with Crippen LogP contribution < -0.4 is 5.32 Å². The molecule has 9 heteroatoms. The summed E-state index contributed by atoms with van der Waals surface area (Å²) in [5.74, 6) is -0.460. The summed E-state index contributed by atoms with van der Waals surface area (Å²) in [6, 6.07) is 3.07. The fraction of sp³-hybridized carbons (Fsp3) is 0.182. The number of halogens is 4. The quantitative estimate of drug-likeness (QED) is 0.896.